The summed E-state index contributed by atoms with van der Waals surface area (Å²) < 4.78 is 44.4. The molecule has 5 rings (SSSR count). The van der Waals surface area contributed by atoms with E-state index in [1.54, 1.807) is 18.2 Å². The molecule has 2 aliphatic heterocycles. The van der Waals surface area contributed by atoms with Crippen LogP contribution in [-0.2, 0) is 28.9 Å². The summed E-state index contributed by atoms with van der Waals surface area (Å²) in [5, 5.41) is 2.80. The highest BCUT2D eigenvalue weighted by atomic mass is 32.1. The van der Waals surface area contributed by atoms with Gasteiger partial charge in [-0.25, -0.2) is 9.97 Å². The number of piperidine rings is 1. The molecule has 0 saturated carbocycles. The third-order valence-corrected chi connectivity index (χ3v) is 7.59. The van der Waals surface area contributed by atoms with Crippen LogP contribution in [-0.4, -0.2) is 38.6 Å². The van der Waals surface area contributed by atoms with Crippen LogP contribution < -0.4 is 10.1 Å². The fourth-order valence-electron chi connectivity index (χ4n) is 3.82. The van der Waals surface area contributed by atoms with Gasteiger partial charge in [0.05, 0.1) is 17.6 Å². The molecule has 1 N–H and O–H groups in total. The van der Waals surface area contributed by atoms with Gasteiger partial charge in [-0.05, 0) is 18.6 Å². The third-order valence-electron chi connectivity index (χ3n) is 5.43. The fourth-order valence-corrected chi connectivity index (χ4v) is 5.46. The van der Waals surface area contributed by atoms with Crippen molar-refractivity contribution in [2.75, 3.05) is 0 Å². The topological polar surface area (TPSA) is 101 Å². The SMILES string of the molecule is O=C1CCC(N2Cc3c(OCc4cnc(-c5ncc(C(F)(F)F)s5)s4)cccc3C2=O)C(=O)N1. The molecule has 0 bridgehead atoms. The standard InChI is InChI=1S/C21H15F3N4O4S2/c22-21(23,24)15-7-26-19(34-15)18-25-6-10(33-18)9-32-14-3-1-2-11-12(14)8-28(20(11)31)13-4-5-16(29)27-17(13)30/h1-3,6-7,13H,4-5,8-9H2,(H,27,29,30). The average Bonchev–Trinajstić information content (AvgIpc) is 3.51. The van der Waals surface area contributed by atoms with Gasteiger partial charge in [-0.1, -0.05) is 6.07 Å². The lowest BCUT2D eigenvalue weighted by Gasteiger charge is -2.29. The largest absolute Gasteiger partial charge is 0.488 e. The zero-order valence-corrected chi connectivity index (χ0v) is 18.9. The summed E-state index contributed by atoms with van der Waals surface area (Å²) in [6.45, 7) is 0.266. The minimum Gasteiger partial charge on any atom is -0.488 e. The molecule has 13 heteroatoms. The van der Waals surface area contributed by atoms with E-state index in [-0.39, 0.29) is 42.8 Å². The molecule has 2 aromatic heterocycles. The number of carbonyl (C=O) groups excluding carboxylic acids is 3. The van der Waals surface area contributed by atoms with E-state index in [1.807, 2.05) is 0 Å². The Morgan fingerprint density at radius 3 is 2.62 bits per heavy atom. The van der Waals surface area contributed by atoms with Gasteiger partial charge in [0.1, 0.15) is 23.3 Å². The number of rotatable bonds is 5. The minimum atomic E-state index is -4.45. The smallest absolute Gasteiger partial charge is 0.427 e. The lowest BCUT2D eigenvalue weighted by Crippen LogP contribution is -2.52. The van der Waals surface area contributed by atoms with Crippen LogP contribution in [0.1, 0.15) is 38.5 Å². The van der Waals surface area contributed by atoms with Crippen LogP contribution in [0.15, 0.2) is 30.6 Å². The van der Waals surface area contributed by atoms with E-state index in [2.05, 4.69) is 15.3 Å². The van der Waals surface area contributed by atoms with Gasteiger partial charge in [-0.2, -0.15) is 13.2 Å². The summed E-state index contributed by atoms with van der Waals surface area (Å²) in [5.74, 6) is -0.692. The molecule has 3 aromatic rings. The Hall–Kier alpha value is -3.32. The molecule has 8 nitrogen and oxygen atoms in total. The quantitative estimate of drug-likeness (QED) is 0.529. The molecule has 34 heavy (non-hydrogen) atoms. The molecule has 1 aromatic carbocycles. The predicted octanol–water partition coefficient (Wildman–Crippen LogP) is 3.63. The highest BCUT2D eigenvalue weighted by Gasteiger charge is 2.40. The molecule has 0 aliphatic carbocycles. The van der Waals surface area contributed by atoms with E-state index >= 15 is 0 Å². The first-order valence-electron chi connectivity index (χ1n) is 10.1. The highest BCUT2D eigenvalue weighted by molar-refractivity contribution is 7.21. The maximum Gasteiger partial charge on any atom is 0.427 e. The van der Waals surface area contributed by atoms with Crippen molar-refractivity contribution < 1.29 is 32.3 Å². The van der Waals surface area contributed by atoms with Gasteiger partial charge in [0, 0.05) is 23.7 Å². The Morgan fingerprint density at radius 1 is 1.12 bits per heavy atom. The van der Waals surface area contributed by atoms with Crippen molar-refractivity contribution in [1.29, 1.82) is 0 Å². The van der Waals surface area contributed by atoms with Crippen LogP contribution >= 0.6 is 22.7 Å². The summed E-state index contributed by atoms with van der Waals surface area (Å²) >= 11 is 1.69. The molecular formula is C21H15F3N4O4S2. The Bertz CT molecular complexity index is 1300. The van der Waals surface area contributed by atoms with Gasteiger partial charge < -0.3 is 9.64 Å². The van der Waals surface area contributed by atoms with Crippen molar-refractivity contribution in [2.45, 2.75) is 38.2 Å². The molecule has 1 atom stereocenters. The summed E-state index contributed by atoms with van der Waals surface area (Å²) in [5.41, 5.74) is 1.06. The Kier molecular flexibility index (Phi) is 5.60. The average molecular weight is 509 g/mol. The number of nitrogens with zero attached hydrogens (tertiary/aromatic N) is 3. The van der Waals surface area contributed by atoms with Crippen molar-refractivity contribution in [3.05, 3.63) is 51.5 Å². The van der Waals surface area contributed by atoms with Crippen molar-refractivity contribution in [1.82, 2.24) is 20.2 Å². The van der Waals surface area contributed by atoms with Crippen molar-refractivity contribution >= 4 is 40.4 Å². The van der Waals surface area contributed by atoms with Gasteiger partial charge in [0.15, 0.2) is 10.0 Å². The van der Waals surface area contributed by atoms with E-state index < -0.39 is 23.0 Å². The first kappa shape index (κ1) is 22.5. The van der Waals surface area contributed by atoms with Gasteiger partial charge >= 0.3 is 6.18 Å². The van der Waals surface area contributed by atoms with Crippen LogP contribution in [0, 0.1) is 0 Å². The normalized spacial score (nSPS) is 18.3. The van der Waals surface area contributed by atoms with Crippen molar-refractivity contribution in [2.24, 2.45) is 0 Å². The molecule has 176 valence electrons. The molecule has 2 aliphatic rings. The number of ether oxygens (including phenoxy) is 1. The van der Waals surface area contributed by atoms with Crippen LogP contribution in [0.2, 0.25) is 0 Å². The van der Waals surface area contributed by atoms with E-state index in [0.29, 0.717) is 38.1 Å². The Labute approximate surface area is 198 Å². The molecule has 4 heterocycles. The lowest BCUT2D eigenvalue weighted by atomic mass is 10.0. The van der Waals surface area contributed by atoms with Crippen LogP contribution in [0.25, 0.3) is 10.0 Å². The second kappa shape index (κ2) is 8.47. The number of halogens is 3. The van der Waals surface area contributed by atoms with E-state index in [0.717, 1.165) is 6.20 Å². The molecule has 1 fully saturated rings. The summed E-state index contributed by atoms with van der Waals surface area (Å²) in [4.78, 5) is 45.8. The predicted molar refractivity (Wildman–Crippen MR) is 115 cm³/mol. The second-order valence-electron chi connectivity index (χ2n) is 7.63. The fraction of sp³-hybridized carbons (Fsp3) is 0.286. The number of hydrogen-bond donors (Lipinski definition) is 1. The number of imide groups is 1. The van der Waals surface area contributed by atoms with E-state index in [1.165, 1.54) is 22.4 Å². The molecule has 3 amide bonds. The maximum absolute atomic E-state index is 12.9. The van der Waals surface area contributed by atoms with Gasteiger partial charge in [0.25, 0.3) is 5.91 Å². The first-order valence-corrected chi connectivity index (χ1v) is 11.7. The minimum absolute atomic E-state index is 0.0955. The highest BCUT2D eigenvalue weighted by Crippen LogP contribution is 2.38. The Morgan fingerprint density at radius 2 is 1.88 bits per heavy atom. The van der Waals surface area contributed by atoms with Gasteiger partial charge in [0.2, 0.25) is 11.8 Å². The number of hydrogen-bond acceptors (Lipinski definition) is 8. The van der Waals surface area contributed by atoms with E-state index in [9.17, 15) is 27.6 Å². The second-order valence-corrected chi connectivity index (χ2v) is 9.78. The Balaban J connectivity index is 1.29. The number of benzene rings is 1. The number of thiazole rings is 2. The number of nitrogens with one attached hydrogen (secondary N) is 1. The number of aromatic nitrogens is 2. The van der Waals surface area contributed by atoms with Crippen molar-refractivity contribution in [3.8, 4) is 15.8 Å². The summed E-state index contributed by atoms with van der Waals surface area (Å²) in [6, 6.07) is 4.31. The van der Waals surface area contributed by atoms with Crippen LogP contribution in [0.4, 0.5) is 13.2 Å². The van der Waals surface area contributed by atoms with Crippen LogP contribution in [0.3, 0.4) is 0 Å². The maximum atomic E-state index is 12.9. The number of fused-ring (bicyclic) bond motifs is 1. The summed E-state index contributed by atoms with van der Waals surface area (Å²) in [7, 11) is 0. The zero-order chi connectivity index (χ0) is 24.0. The monoisotopic (exact) mass is 508 g/mol. The van der Waals surface area contributed by atoms with Crippen molar-refractivity contribution in [3.63, 3.8) is 0 Å². The number of amides is 3. The number of alkyl halides is 3. The summed E-state index contributed by atoms with van der Waals surface area (Å²) in [6.07, 6.45) is -1.73. The van der Waals surface area contributed by atoms with Gasteiger partial charge in [-0.3, -0.25) is 19.7 Å². The molecule has 1 saturated heterocycles. The zero-order valence-electron chi connectivity index (χ0n) is 17.2. The first-order chi connectivity index (χ1) is 16.2. The molecule has 1 unspecified atom stereocenters. The molecular weight excluding hydrogens is 493 g/mol. The third kappa shape index (κ3) is 4.16. The molecule has 0 radical (unpaired) electrons. The molecule has 0 spiro atoms. The lowest BCUT2D eigenvalue weighted by molar-refractivity contribution is -0.137. The van der Waals surface area contributed by atoms with Crippen LogP contribution in [0.5, 0.6) is 5.75 Å². The number of carbonyl (C=O) groups is 3. The van der Waals surface area contributed by atoms with E-state index in [4.69, 9.17) is 4.74 Å². The van der Waals surface area contributed by atoms with Gasteiger partial charge in [-0.15, -0.1) is 22.7 Å².